The molecule has 3 heterocycles. The number of anilines is 1. The molecule has 31 heavy (non-hydrogen) atoms. The number of carbonyl (C=O) groups excluding carboxylic acids is 1. The number of hydrogen-bond donors (Lipinski definition) is 2. The Balaban J connectivity index is 1.38. The van der Waals surface area contributed by atoms with E-state index in [1.807, 2.05) is 48.5 Å². The highest BCUT2D eigenvalue weighted by Gasteiger charge is 2.16. The number of pyridine rings is 1. The first kappa shape index (κ1) is 19.2. The Hall–Kier alpha value is -3.81. The topological polar surface area (TPSA) is 97.1 Å². The smallest absolute Gasteiger partial charge is 0.319 e. The molecule has 1 aliphatic rings. The van der Waals surface area contributed by atoms with Gasteiger partial charge in [0.15, 0.2) is 11.5 Å². The van der Waals surface area contributed by atoms with Crippen LogP contribution in [-0.2, 0) is 0 Å². The fourth-order valence-corrected chi connectivity index (χ4v) is 3.98. The zero-order chi connectivity index (χ0) is 21.0. The van der Waals surface area contributed by atoms with Gasteiger partial charge in [-0.3, -0.25) is 4.98 Å². The molecule has 0 bridgehead atoms. The van der Waals surface area contributed by atoms with Crippen LogP contribution in [0.15, 0.2) is 60.9 Å². The Morgan fingerprint density at radius 3 is 2.61 bits per heavy atom. The van der Waals surface area contributed by atoms with E-state index < -0.39 is 0 Å². The first-order valence-electron chi connectivity index (χ1n) is 10.6. The summed E-state index contributed by atoms with van der Waals surface area (Å²) >= 11 is 0. The highest BCUT2D eigenvalue weighted by molar-refractivity contribution is 5.90. The summed E-state index contributed by atoms with van der Waals surface area (Å²) in [7, 11) is 0. The third kappa shape index (κ3) is 4.23. The molecule has 1 fully saturated rings. The summed E-state index contributed by atoms with van der Waals surface area (Å²) in [5.41, 5.74) is 3.94. The maximum absolute atomic E-state index is 12.4. The lowest BCUT2D eigenvalue weighted by atomic mass is 9.96. The number of amides is 2. The number of nitrogens with zero attached hydrogens (tertiary/aromatic N) is 5. The molecule has 8 nitrogen and oxygen atoms in total. The Bertz CT molecular complexity index is 1200. The van der Waals surface area contributed by atoms with Gasteiger partial charge < -0.3 is 10.6 Å². The van der Waals surface area contributed by atoms with Crippen molar-refractivity contribution >= 4 is 17.4 Å². The van der Waals surface area contributed by atoms with E-state index in [2.05, 4.69) is 25.8 Å². The van der Waals surface area contributed by atoms with Gasteiger partial charge in [0.2, 0.25) is 0 Å². The fraction of sp³-hybridized carbons (Fsp3) is 0.261. The summed E-state index contributed by atoms with van der Waals surface area (Å²) in [5.74, 6) is 0.653. The third-order valence-corrected chi connectivity index (χ3v) is 5.56. The van der Waals surface area contributed by atoms with E-state index >= 15 is 0 Å². The summed E-state index contributed by atoms with van der Waals surface area (Å²) in [4.78, 5) is 16.5. The van der Waals surface area contributed by atoms with Gasteiger partial charge in [-0.25, -0.2) is 4.79 Å². The van der Waals surface area contributed by atoms with Gasteiger partial charge in [-0.2, -0.15) is 9.61 Å². The van der Waals surface area contributed by atoms with Crippen LogP contribution in [0, 0.1) is 0 Å². The van der Waals surface area contributed by atoms with Crippen molar-refractivity contribution in [3.63, 3.8) is 0 Å². The molecule has 8 heteroatoms. The second-order valence-electron chi connectivity index (χ2n) is 7.76. The second kappa shape index (κ2) is 8.51. The summed E-state index contributed by atoms with van der Waals surface area (Å²) in [6, 6.07) is 15.3. The van der Waals surface area contributed by atoms with Crippen LogP contribution in [0.1, 0.15) is 32.1 Å². The second-order valence-corrected chi connectivity index (χ2v) is 7.76. The van der Waals surface area contributed by atoms with Gasteiger partial charge in [-0.15, -0.1) is 10.2 Å². The molecule has 4 aromatic rings. The van der Waals surface area contributed by atoms with Crippen LogP contribution >= 0.6 is 0 Å². The van der Waals surface area contributed by atoms with Crippen molar-refractivity contribution in [3.05, 3.63) is 60.9 Å². The van der Waals surface area contributed by atoms with Crippen molar-refractivity contribution in [3.8, 4) is 22.6 Å². The standard InChI is InChI=1S/C23H23N7O/c31-23(25-18-6-2-1-3-7-18)26-19-8-4-5-17(15-19)20-9-10-21-27-28-22(30(21)29-20)16-11-13-24-14-12-16/h4-5,8-15,18H,1-3,6-7H2,(H2,25,26,31). The average Bonchev–Trinajstić information content (AvgIpc) is 3.24. The quantitative estimate of drug-likeness (QED) is 0.520. The monoisotopic (exact) mass is 413 g/mol. The minimum Gasteiger partial charge on any atom is -0.335 e. The summed E-state index contributed by atoms with van der Waals surface area (Å²) in [5, 5.41) is 19.2. The predicted octanol–water partition coefficient (Wildman–Crippen LogP) is 4.31. The van der Waals surface area contributed by atoms with E-state index in [0.717, 1.165) is 35.3 Å². The molecular weight excluding hydrogens is 390 g/mol. The molecule has 1 saturated carbocycles. The summed E-state index contributed by atoms with van der Waals surface area (Å²) in [6.07, 6.45) is 9.15. The van der Waals surface area contributed by atoms with Gasteiger partial charge in [0.05, 0.1) is 5.69 Å². The zero-order valence-corrected chi connectivity index (χ0v) is 17.0. The van der Waals surface area contributed by atoms with Crippen molar-refractivity contribution in [2.75, 3.05) is 5.32 Å². The number of nitrogens with one attached hydrogen (secondary N) is 2. The lowest BCUT2D eigenvalue weighted by Crippen LogP contribution is -2.39. The van der Waals surface area contributed by atoms with E-state index in [-0.39, 0.29) is 12.1 Å². The Labute approximate surface area is 179 Å². The van der Waals surface area contributed by atoms with Gasteiger partial charge in [-0.1, -0.05) is 31.4 Å². The molecule has 0 saturated heterocycles. The molecular formula is C23H23N7O. The molecule has 0 radical (unpaired) electrons. The summed E-state index contributed by atoms with van der Waals surface area (Å²) < 4.78 is 1.72. The lowest BCUT2D eigenvalue weighted by molar-refractivity contribution is 0.244. The van der Waals surface area contributed by atoms with E-state index in [1.165, 1.54) is 19.3 Å². The normalized spacial score (nSPS) is 14.5. The zero-order valence-electron chi connectivity index (χ0n) is 17.0. The molecule has 2 amide bonds. The predicted molar refractivity (Wildman–Crippen MR) is 118 cm³/mol. The first-order valence-corrected chi connectivity index (χ1v) is 10.6. The van der Waals surface area contributed by atoms with Gasteiger partial charge in [0, 0.05) is 35.2 Å². The molecule has 1 aromatic carbocycles. The fourth-order valence-electron chi connectivity index (χ4n) is 3.98. The molecule has 1 aliphatic carbocycles. The third-order valence-electron chi connectivity index (χ3n) is 5.56. The minimum atomic E-state index is -0.161. The maximum Gasteiger partial charge on any atom is 0.319 e. The van der Waals surface area contributed by atoms with Gasteiger partial charge in [0.1, 0.15) is 0 Å². The van der Waals surface area contributed by atoms with Gasteiger partial charge >= 0.3 is 6.03 Å². The molecule has 3 aromatic heterocycles. The highest BCUT2D eigenvalue weighted by Crippen LogP contribution is 2.23. The number of carbonyl (C=O) groups is 1. The SMILES string of the molecule is O=C(Nc1cccc(-c2ccc3nnc(-c4ccncc4)n3n2)c1)NC1CCCCC1. The van der Waals surface area contributed by atoms with E-state index in [9.17, 15) is 4.79 Å². The Morgan fingerprint density at radius 1 is 0.935 bits per heavy atom. The van der Waals surface area contributed by atoms with Crippen LogP contribution < -0.4 is 10.6 Å². The Morgan fingerprint density at radius 2 is 1.77 bits per heavy atom. The van der Waals surface area contributed by atoms with Crippen molar-refractivity contribution in [1.82, 2.24) is 30.1 Å². The van der Waals surface area contributed by atoms with Crippen molar-refractivity contribution in [2.45, 2.75) is 38.1 Å². The minimum absolute atomic E-state index is 0.161. The number of hydrogen-bond acceptors (Lipinski definition) is 5. The molecule has 5 rings (SSSR count). The van der Waals surface area contributed by atoms with Crippen molar-refractivity contribution < 1.29 is 4.79 Å². The number of aromatic nitrogens is 5. The number of benzene rings is 1. The summed E-state index contributed by atoms with van der Waals surface area (Å²) in [6.45, 7) is 0. The van der Waals surface area contributed by atoms with E-state index in [1.54, 1.807) is 16.9 Å². The first-order chi connectivity index (χ1) is 15.3. The molecule has 156 valence electrons. The van der Waals surface area contributed by atoms with Gasteiger partial charge in [0.25, 0.3) is 0 Å². The highest BCUT2D eigenvalue weighted by atomic mass is 16.2. The molecule has 0 spiro atoms. The van der Waals surface area contributed by atoms with Crippen LogP contribution in [-0.4, -0.2) is 36.9 Å². The van der Waals surface area contributed by atoms with Crippen molar-refractivity contribution in [2.24, 2.45) is 0 Å². The van der Waals surface area contributed by atoms with Crippen LogP contribution in [0.2, 0.25) is 0 Å². The molecule has 2 N–H and O–H groups in total. The van der Waals surface area contributed by atoms with E-state index in [0.29, 0.717) is 11.5 Å². The Kier molecular flexibility index (Phi) is 5.26. The average molecular weight is 413 g/mol. The van der Waals surface area contributed by atoms with Crippen LogP contribution in [0.3, 0.4) is 0 Å². The molecule has 0 unspecified atom stereocenters. The van der Waals surface area contributed by atoms with Gasteiger partial charge in [-0.05, 0) is 49.2 Å². The largest absolute Gasteiger partial charge is 0.335 e. The number of fused-ring (bicyclic) bond motifs is 1. The molecule has 0 aliphatic heterocycles. The number of rotatable bonds is 4. The van der Waals surface area contributed by atoms with Crippen LogP contribution in [0.4, 0.5) is 10.5 Å². The van der Waals surface area contributed by atoms with E-state index in [4.69, 9.17) is 5.10 Å². The number of urea groups is 1. The lowest BCUT2D eigenvalue weighted by Gasteiger charge is -2.22. The molecule has 0 atom stereocenters. The van der Waals surface area contributed by atoms with Crippen LogP contribution in [0.25, 0.3) is 28.3 Å². The van der Waals surface area contributed by atoms with Crippen molar-refractivity contribution in [1.29, 1.82) is 0 Å². The maximum atomic E-state index is 12.4. The van der Waals surface area contributed by atoms with Crippen LogP contribution in [0.5, 0.6) is 0 Å².